The smallest absolute Gasteiger partial charge is 0.244 e. The number of halogens is 1. The van der Waals surface area contributed by atoms with Crippen molar-refractivity contribution in [2.24, 2.45) is 5.73 Å². The maximum atomic E-state index is 13.7. The number of rotatable bonds is 4. The maximum absolute atomic E-state index is 13.7. The van der Waals surface area contributed by atoms with Crippen LogP contribution in [0.3, 0.4) is 0 Å². The molecule has 0 radical (unpaired) electrons. The van der Waals surface area contributed by atoms with Crippen molar-refractivity contribution in [3.63, 3.8) is 0 Å². The molecule has 1 aromatic carbocycles. The summed E-state index contributed by atoms with van der Waals surface area (Å²) in [6.45, 7) is 3.72. The van der Waals surface area contributed by atoms with Crippen LogP contribution in [0.1, 0.15) is 26.7 Å². The molecule has 1 amide bonds. The Morgan fingerprint density at radius 2 is 2.17 bits per heavy atom. The Morgan fingerprint density at radius 1 is 1.50 bits per heavy atom. The first-order chi connectivity index (χ1) is 8.40. The van der Waals surface area contributed by atoms with Crippen LogP contribution >= 0.6 is 0 Å². The summed E-state index contributed by atoms with van der Waals surface area (Å²) >= 11 is 0. The van der Waals surface area contributed by atoms with Gasteiger partial charge in [0.2, 0.25) is 5.91 Å². The van der Waals surface area contributed by atoms with E-state index < -0.39 is 11.4 Å². The Balaban J connectivity index is 2.07. The fourth-order valence-electron chi connectivity index (χ4n) is 1.55. The number of carbonyl (C=O) groups excluding carboxylic acids is 1. The standard InChI is InChI=1S/C13H17FN2O2/c1-8(2)18-9-3-4-11(10(14)7-9)16-12(17)13(15)5-6-13/h3-4,7-8H,5-6,15H2,1-2H3,(H,16,17). The number of nitrogens with one attached hydrogen (secondary N) is 1. The van der Waals surface area contributed by atoms with Crippen LogP contribution in [-0.4, -0.2) is 17.6 Å². The van der Waals surface area contributed by atoms with Gasteiger partial charge in [0.25, 0.3) is 0 Å². The van der Waals surface area contributed by atoms with Crippen LogP contribution in [0.5, 0.6) is 5.75 Å². The van der Waals surface area contributed by atoms with Crippen LogP contribution in [-0.2, 0) is 4.79 Å². The van der Waals surface area contributed by atoms with Crippen LogP contribution < -0.4 is 15.8 Å². The molecule has 0 bridgehead atoms. The minimum Gasteiger partial charge on any atom is -0.491 e. The highest BCUT2D eigenvalue weighted by Crippen LogP contribution is 2.33. The highest BCUT2D eigenvalue weighted by molar-refractivity contribution is 6.00. The first-order valence-corrected chi connectivity index (χ1v) is 5.97. The molecule has 0 aromatic heterocycles. The zero-order valence-electron chi connectivity index (χ0n) is 10.5. The van der Waals surface area contributed by atoms with Crippen molar-refractivity contribution in [1.29, 1.82) is 0 Å². The third-order valence-electron chi connectivity index (χ3n) is 2.80. The summed E-state index contributed by atoms with van der Waals surface area (Å²) in [7, 11) is 0. The van der Waals surface area contributed by atoms with Gasteiger partial charge in [-0.05, 0) is 38.8 Å². The van der Waals surface area contributed by atoms with Crippen LogP contribution in [0, 0.1) is 5.82 Å². The third kappa shape index (κ3) is 2.79. The molecule has 0 heterocycles. The van der Waals surface area contributed by atoms with Crippen LogP contribution in [0.2, 0.25) is 0 Å². The molecule has 1 fully saturated rings. The van der Waals surface area contributed by atoms with E-state index in [9.17, 15) is 9.18 Å². The molecule has 5 heteroatoms. The minimum absolute atomic E-state index is 0.0244. The summed E-state index contributed by atoms with van der Waals surface area (Å²) < 4.78 is 19.1. The van der Waals surface area contributed by atoms with E-state index in [2.05, 4.69) is 5.32 Å². The first-order valence-electron chi connectivity index (χ1n) is 5.97. The normalized spacial score (nSPS) is 16.5. The summed E-state index contributed by atoms with van der Waals surface area (Å²) in [4.78, 5) is 11.7. The van der Waals surface area contributed by atoms with Gasteiger partial charge in [0.15, 0.2) is 0 Å². The molecule has 1 aromatic rings. The van der Waals surface area contributed by atoms with E-state index in [1.54, 1.807) is 6.07 Å². The molecule has 3 N–H and O–H groups in total. The highest BCUT2D eigenvalue weighted by Gasteiger charge is 2.46. The van der Waals surface area contributed by atoms with E-state index in [0.29, 0.717) is 18.6 Å². The van der Waals surface area contributed by atoms with Gasteiger partial charge in [-0.2, -0.15) is 0 Å². The topological polar surface area (TPSA) is 64.3 Å². The molecule has 0 aliphatic heterocycles. The number of anilines is 1. The molecule has 98 valence electrons. The van der Waals surface area contributed by atoms with Crippen molar-refractivity contribution >= 4 is 11.6 Å². The molecular weight excluding hydrogens is 235 g/mol. The van der Waals surface area contributed by atoms with Gasteiger partial charge in [-0.15, -0.1) is 0 Å². The highest BCUT2D eigenvalue weighted by atomic mass is 19.1. The molecule has 2 rings (SSSR count). The lowest BCUT2D eigenvalue weighted by Gasteiger charge is -2.13. The van der Waals surface area contributed by atoms with E-state index in [-0.39, 0.29) is 17.7 Å². The quantitative estimate of drug-likeness (QED) is 0.862. The lowest BCUT2D eigenvalue weighted by molar-refractivity contribution is -0.118. The predicted molar refractivity (Wildman–Crippen MR) is 66.9 cm³/mol. The number of ether oxygens (including phenoxy) is 1. The Hall–Kier alpha value is -1.62. The molecule has 18 heavy (non-hydrogen) atoms. The number of nitrogens with two attached hydrogens (primary N) is 1. The van der Waals surface area contributed by atoms with Gasteiger partial charge in [0.1, 0.15) is 11.6 Å². The van der Waals surface area contributed by atoms with Crippen molar-refractivity contribution in [2.45, 2.75) is 38.3 Å². The second-order valence-electron chi connectivity index (χ2n) is 4.92. The van der Waals surface area contributed by atoms with Gasteiger partial charge in [0.05, 0.1) is 17.3 Å². The lowest BCUT2D eigenvalue weighted by Crippen LogP contribution is -2.38. The Morgan fingerprint density at radius 3 is 2.67 bits per heavy atom. The summed E-state index contributed by atoms with van der Waals surface area (Å²) in [5, 5.41) is 2.50. The van der Waals surface area contributed by atoms with E-state index >= 15 is 0 Å². The fraction of sp³-hybridized carbons (Fsp3) is 0.462. The van der Waals surface area contributed by atoms with Gasteiger partial charge in [-0.25, -0.2) is 4.39 Å². The summed E-state index contributed by atoms with van der Waals surface area (Å²) in [6, 6.07) is 4.36. The number of carbonyl (C=O) groups is 1. The van der Waals surface area contributed by atoms with Crippen molar-refractivity contribution in [3.8, 4) is 5.75 Å². The second-order valence-corrected chi connectivity index (χ2v) is 4.92. The van der Waals surface area contributed by atoms with Crippen molar-refractivity contribution < 1.29 is 13.9 Å². The zero-order chi connectivity index (χ0) is 13.3. The Kier molecular flexibility index (Phi) is 3.26. The first kappa shape index (κ1) is 12.8. The monoisotopic (exact) mass is 252 g/mol. The van der Waals surface area contributed by atoms with Gasteiger partial charge in [-0.1, -0.05) is 0 Å². The van der Waals surface area contributed by atoms with Crippen LogP contribution in [0.25, 0.3) is 0 Å². The Bertz CT molecular complexity index is 470. The summed E-state index contributed by atoms with van der Waals surface area (Å²) in [5.41, 5.74) is 5.05. The molecule has 4 nitrogen and oxygen atoms in total. The van der Waals surface area contributed by atoms with Crippen molar-refractivity contribution in [2.75, 3.05) is 5.32 Å². The molecule has 1 aliphatic carbocycles. The Labute approximate surface area is 105 Å². The SMILES string of the molecule is CC(C)Oc1ccc(NC(=O)C2(N)CC2)c(F)c1. The lowest BCUT2D eigenvalue weighted by atomic mass is 10.2. The molecular formula is C13H17FN2O2. The number of amides is 1. The summed E-state index contributed by atoms with van der Waals surface area (Å²) in [6.07, 6.45) is 1.27. The average molecular weight is 252 g/mol. The van der Waals surface area contributed by atoms with E-state index in [0.717, 1.165) is 0 Å². The largest absolute Gasteiger partial charge is 0.491 e. The van der Waals surface area contributed by atoms with Crippen LogP contribution in [0.15, 0.2) is 18.2 Å². The van der Waals surface area contributed by atoms with Crippen LogP contribution in [0.4, 0.5) is 10.1 Å². The third-order valence-corrected chi connectivity index (χ3v) is 2.80. The van der Waals surface area contributed by atoms with Gasteiger partial charge < -0.3 is 15.8 Å². The summed E-state index contributed by atoms with van der Waals surface area (Å²) in [5.74, 6) is -0.418. The predicted octanol–water partition coefficient (Wildman–Crippen LogP) is 2.04. The zero-order valence-corrected chi connectivity index (χ0v) is 10.5. The van der Waals surface area contributed by atoms with Gasteiger partial charge in [0, 0.05) is 6.07 Å². The average Bonchev–Trinajstić information content (AvgIpc) is 3.01. The molecule has 0 spiro atoms. The molecule has 1 aliphatic rings. The fourth-order valence-corrected chi connectivity index (χ4v) is 1.55. The van der Waals surface area contributed by atoms with E-state index in [1.165, 1.54) is 12.1 Å². The van der Waals surface area contributed by atoms with E-state index in [1.807, 2.05) is 13.8 Å². The molecule has 0 saturated heterocycles. The van der Waals surface area contributed by atoms with Gasteiger partial charge >= 0.3 is 0 Å². The number of hydrogen-bond acceptors (Lipinski definition) is 3. The number of benzene rings is 1. The molecule has 0 atom stereocenters. The van der Waals surface area contributed by atoms with Crippen molar-refractivity contribution in [3.05, 3.63) is 24.0 Å². The minimum atomic E-state index is -0.806. The van der Waals surface area contributed by atoms with Crippen molar-refractivity contribution in [1.82, 2.24) is 0 Å². The number of hydrogen-bond donors (Lipinski definition) is 2. The van der Waals surface area contributed by atoms with Gasteiger partial charge in [-0.3, -0.25) is 4.79 Å². The second kappa shape index (κ2) is 4.57. The molecule has 0 unspecified atom stereocenters. The maximum Gasteiger partial charge on any atom is 0.244 e. The van der Waals surface area contributed by atoms with E-state index in [4.69, 9.17) is 10.5 Å². The molecule has 1 saturated carbocycles.